The van der Waals surface area contributed by atoms with E-state index >= 15 is 0 Å². The number of rotatable bonds is 12. The molecule has 0 aromatic rings. The molecule has 2 N–H and O–H groups in total. The van der Waals surface area contributed by atoms with Crippen molar-refractivity contribution in [2.75, 3.05) is 20.6 Å². The fourth-order valence-corrected chi connectivity index (χ4v) is 4.70. The summed E-state index contributed by atoms with van der Waals surface area (Å²) in [5, 5.41) is 20.6. The Kier molecular flexibility index (Phi) is 9.38. The molecule has 0 aromatic heterocycles. The van der Waals surface area contributed by atoms with Gasteiger partial charge in [0.1, 0.15) is 0 Å². The predicted octanol–water partition coefficient (Wildman–Crippen LogP) is 4.55. The molecule has 3 nitrogen and oxygen atoms in total. The van der Waals surface area contributed by atoms with Crippen LogP contribution in [0.4, 0.5) is 0 Å². The maximum Gasteiger partial charge on any atom is 0.0721 e. The van der Waals surface area contributed by atoms with Crippen LogP contribution in [0.25, 0.3) is 0 Å². The lowest BCUT2D eigenvalue weighted by atomic mass is 9.88. The van der Waals surface area contributed by atoms with Gasteiger partial charge in [0.05, 0.1) is 12.2 Å². The number of nitrogens with zero attached hydrogens (tertiary/aromatic N) is 1. The number of aliphatic hydroxyl groups is 2. The van der Waals surface area contributed by atoms with E-state index in [2.05, 4.69) is 38.1 Å². The Bertz CT molecular complexity index is 457. The van der Waals surface area contributed by atoms with Crippen molar-refractivity contribution in [3.63, 3.8) is 0 Å². The average Bonchev–Trinajstić information content (AvgIpc) is 3.09. The van der Waals surface area contributed by atoms with Crippen molar-refractivity contribution in [1.29, 1.82) is 0 Å². The number of fused-ring (bicyclic) bond motifs is 1. The standard InChI is InChI=1S/C23H41NO2/c1-4-5-7-11-20(25)12-13-21-22-16-18(15-19(22)17-23(21)26)10-8-6-9-14-24(2)3/h12-13,15,19-23,25-26H,4-11,14,16-17H2,1-3H3/b13-12+/t19-,20-,21+,22-,23-/m1/s1. The number of hydrogen-bond donors (Lipinski definition) is 2. The molecule has 2 aliphatic rings. The van der Waals surface area contributed by atoms with Crippen LogP contribution in [0.1, 0.15) is 71.1 Å². The third-order valence-corrected chi connectivity index (χ3v) is 6.21. The SMILES string of the molecule is CCCCC[C@@H](O)/C=C/[C@H]1[C@@H]2CC(CCCCCN(C)C)=C[C@@H]2C[C@H]1O. The van der Waals surface area contributed by atoms with Crippen molar-refractivity contribution in [2.24, 2.45) is 17.8 Å². The molecule has 0 aliphatic heterocycles. The number of hydrogen-bond acceptors (Lipinski definition) is 3. The Balaban J connectivity index is 1.74. The summed E-state index contributed by atoms with van der Waals surface area (Å²) in [4.78, 5) is 2.26. The summed E-state index contributed by atoms with van der Waals surface area (Å²) in [6.07, 6.45) is 17.4. The van der Waals surface area contributed by atoms with E-state index in [1.807, 2.05) is 6.08 Å². The quantitative estimate of drug-likeness (QED) is 0.395. The zero-order valence-electron chi connectivity index (χ0n) is 17.2. The molecule has 0 radical (unpaired) electrons. The molecular weight excluding hydrogens is 322 g/mol. The van der Waals surface area contributed by atoms with Crippen LogP contribution in [-0.4, -0.2) is 48.0 Å². The molecule has 0 amide bonds. The predicted molar refractivity (Wildman–Crippen MR) is 110 cm³/mol. The Morgan fingerprint density at radius 2 is 2.00 bits per heavy atom. The van der Waals surface area contributed by atoms with Crippen LogP contribution in [0, 0.1) is 17.8 Å². The third-order valence-electron chi connectivity index (χ3n) is 6.21. The number of allylic oxidation sites excluding steroid dienone is 2. The molecule has 0 spiro atoms. The summed E-state index contributed by atoms with van der Waals surface area (Å²) in [5.41, 5.74) is 1.61. The molecule has 3 heteroatoms. The van der Waals surface area contributed by atoms with Gasteiger partial charge in [0.2, 0.25) is 0 Å². The number of unbranched alkanes of at least 4 members (excludes halogenated alkanes) is 4. The first-order valence-electron chi connectivity index (χ1n) is 10.9. The highest BCUT2D eigenvalue weighted by atomic mass is 16.3. The van der Waals surface area contributed by atoms with Gasteiger partial charge < -0.3 is 15.1 Å². The zero-order valence-corrected chi connectivity index (χ0v) is 17.2. The van der Waals surface area contributed by atoms with Crippen LogP contribution >= 0.6 is 0 Å². The maximum absolute atomic E-state index is 10.4. The molecule has 1 fully saturated rings. The lowest BCUT2D eigenvalue weighted by Crippen LogP contribution is -2.18. The van der Waals surface area contributed by atoms with Crippen LogP contribution in [0.15, 0.2) is 23.8 Å². The van der Waals surface area contributed by atoms with E-state index in [0.717, 1.165) is 25.7 Å². The molecule has 0 unspecified atom stereocenters. The van der Waals surface area contributed by atoms with E-state index < -0.39 is 0 Å². The molecule has 150 valence electrons. The molecule has 2 aliphatic carbocycles. The minimum atomic E-state index is -0.349. The molecule has 2 rings (SSSR count). The van der Waals surface area contributed by atoms with Gasteiger partial charge in [0, 0.05) is 5.92 Å². The molecule has 26 heavy (non-hydrogen) atoms. The second-order valence-electron chi connectivity index (χ2n) is 8.80. The van der Waals surface area contributed by atoms with E-state index in [0.29, 0.717) is 11.8 Å². The summed E-state index contributed by atoms with van der Waals surface area (Å²) in [7, 11) is 4.28. The molecule has 0 saturated heterocycles. The highest BCUT2D eigenvalue weighted by Crippen LogP contribution is 2.48. The van der Waals surface area contributed by atoms with Crippen LogP contribution in [0.3, 0.4) is 0 Å². The molecule has 1 saturated carbocycles. The maximum atomic E-state index is 10.4. The van der Waals surface area contributed by atoms with Gasteiger partial charge in [-0.1, -0.05) is 56.4 Å². The average molecular weight is 364 g/mol. The van der Waals surface area contributed by atoms with Crippen molar-refractivity contribution in [3.8, 4) is 0 Å². The summed E-state index contributed by atoms with van der Waals surface area (Å²) < 4.78 is 0. The number of aliphatic hydroxyl groups excluding tert-OH is 2. The summed E-state index contributed by atoms with van der Waals surface area (Å²) in [5.74, 6) is 1.33. The molecule has 0 heterocycles. The van der Waals surface area contributed by atoms with Crippen molar-refractivity contribution in [3.05, 3.63) is 23.8 Å². The Labute approximate surface area is 161 Å². The van der Waals surface area contributed by atoms with Crippen LogP contribution < -0.4 is 0 Å². The second-order valence-corrected chi connectivity index (χ2v) is 8.80. The molecule has 0 aromatic carbocycles. The fourth-order valence-electron chi connectivity index (χ4n) is 4.70. The smallest absolute Gasteiger partial charge is 0.0721 e. The van der Waals surface area contributed by atoms with E-state index in [9.17, 15) is 10.2 Å². The van der Waals surface area contributed by atoms with Gasteiger partial charge in [-0.3, -0.25) is 0 Å². The van der Waals surface area contributed by atoms with E-state index in [1.54, 1.807) is 5.57 Å². The first-order valence-corrected chi connectivity index (χ1v) is 10.9. The van der Waals surface area contributed by atoms with Gasteiger partial charge in [-0.15, -0.1) is 0 Å². The van der Waals surface area contributed by atoms with Gasteiger partial charge in [-0.2, -0.15) is 0 Å². The molecule has 5 atom stereocenters. The summed E-state index contributed by atoms with van der Waals surface area (Å²) >= 11 is 0. The van der Waals surface area contributed by atoms with Crippen LogP contribution in [-0.2, 0) is 0 Å². The molecule has 0 bridgehead atoms. The van der Waals surface area contributed by atoms with Gasteiger partial charge in [-0.05, 0) is 71.0 Å². The Morgan fingerprint density at radius 1 is 1.19 bits per heavy atom. The van der Waals surface area contributed by atoms with Crippen molar-refractivity contribution >= 4 is 0 Å². The minimum absolute atomic E-state index is 0.225. The highest BCUT2D eigenvalue weighted by Gasteiger charge is 2.43. The van der Waals surface area contributed by atoms with Gasteiger partial charge in [-0.25, -0.2) is 0 Å². The summed E-state index contributed by atoms with van der Waals surface area (Å²) in [6, 6.07) is 0. The Morgan fingerprint density at radius 3 is 2.73 bits per heavy atom. The first kappa shape index (κ1) is 21.7. The normalized spacial score (nSPS) is 29.5. The van der Waals surface area contributed by atoms with Gasteiger partial charge >= 0.3 is 0 Å². The van der Waals surface area contributed by atoms with Crippen LogP contribution in [0.5, 0.6) is 0 Å². The van der Waals surface area contributed by atoms with E-state index in [4.69, 9.17) is 0 Å². The topological polar surface area (TPSA) is 43.7 Å². The lowest BCUT2D eigenvalue weighted by molar-refractivity contribution is 0.139. The van der Waals surface area contributed by atoms with Crippen molar-refractivity contribution in [1.82, 2.24) is 4.90 Å². The second kappa shape index (κ2) is 11.3. The van der Waals surface area contributed by atoms with Crippen LogP contribution in [0.2, 0.25) is 0 Å². The van der Waals surface area contributed by atoms with Gasteiger partial charge in [0.15, 0.2) is 0 Å². The molecular formula is C23H41NO2. The highest BCUT2D eigenvalue weighted by molar-refractivity contribution is 5.20. The Hall–Kier alpha value is -0.640. The monoisotopic (exact) mass is 363 g/mol. The van der Waals surface area contributed by atoms with E-state index in [1.165, 1.54) is 45.1 Å². The lowest BCUT2D eigenvalue weighted by Gasteiger charge is -2.19. The van der Waals surface area contributed by atoms with Crippen molar-refractivity contribution in [2.45, 2.75) is 83.3 Å². The zero-order chi connectivity index (χ0) is 18.9. The van der Waals surface area contributed by atoms with Crippen molar-refractivity contribution < 1.29 is 10.2 Å². The van der Waals surface area contributed by atoms with Gasteiger partial charge in [0.25, 0.3) is 0 Å². The third kappa shape index (κ3) is 6.83. The largest absolute Gasteiger partial charge is 0.392 e. The minimum Gasteiger partial charge on any atom is -0.392 e. The fraction of sp³-hybridized carbons (Fsp3) is 0.826. The van der Waals surface area contributed by atoms with E-state index in [-0.39, 0.29) is 18.1 Å². The summed E-state index contributed by atoms with van der Waals surface area (Å²) in [6.45, 7) is 3.37. The first-order chi connectivity index (χ1) is 12.5.